The summed E-state index contributed by atoms with van der Waals surface area (Å²) in [7, 11) is -4.03. The summed E-state index contributed by atoms with van der Waals surface area (Å²) in [5, 5.41) is 19.6. The third-order valence-electron chi connectivity index (χ3n) is 8.30. The molecule has 1 aromatic rings. The van der Waals surface area contributed by atoms with Crippen LogP contribution in [-0.2, 0) is 30.8 Å². The Balaban J connectivity index is 0.00000462. The van der Waals surface area contributed by atoms with Crippen molar-refractivity contribution in [2.24, 2.45) is 17.8 Å². The van der Waals surface area contributed by atoms with E-state index in [2.05, 4.69) is 20.8 Å². The Morgan fingerprint density at radius 3 is 1.93 bits per heavy atom. The summed E-state index contributed by atoms with van der Waals surface area (Å²) in [4.78, 5) is 40.2. The highest BCUT2D eigenvalue weighted by molar-refractivity contribution is 7.89. The largest absolute Gasteiger partial charge is 0.480 e. The maximum atomic E-state index is 13.3. The number of sulfonamides is 1. The smallest absolute Gasteiger partial charge is 0.327 e. The topological polar surface area (TPSA) is 157 Å². The lowest BCUT2D eigenvalue weighted by molar-refractivity contribution is -0.150. The lowest BCUT2D eigenvalue weighted by atomic mass is 9.84. The van der Waals surface area contributed by atoms with E-state index in [9.17, 15) is 27.9 Å². The van der Waals surface area contributed by atoms with Gasteiger partial charge in [0.1, 0.15) is 6.04 Å². The van der Waals surface area contributed by atoms with E-state index in [1.807, 2.05) is 6.07 Å². The van der Waals surface area contributed by atoms with Crippen molar-refractivity contribution in [2.75, 3.05) is 38.5 Å². The molecular weight excluding hydrogens is 617 g/mol. The van der Waals surface area contributed by atoms with Crippen LogP contribution in [0, 0.1) is 17.8 Å². The Labute approximate surface area is 268 Å². The second kappa shape index (κ2) is 20.1. The van der Waals surface area contributed by atoms with Gasteiger partial charge in [0.25, 0.3) is 5.91 Å². The monoisotopic (exact) mass is 665 g/mol. The van der Waals surface area contributed by atoms with E-state index in [1.54, 1.807) is 24.3 Å². The Morgan fingerprint density at radius 1 is 0.930 bits per heavy atom. The predicted octanol–water partition coefficient (Wildman–Crippen LogP) is 2.50. The highest BCUT2D eigenvalue weighted by Gasteiger charge is 2.31. The molecule has 246 valence electrons. The lowest BCUT2D eigenvalue weighted by Crippen LogP contribution is -2.56. The number of amides is 2. The van der Waals surface area contributed by atoms with Gasteiger partial charge in [-0.3, -0.25) is 9.59 Å². The fourth-order valence-electron chi connectivity index (χ4n) is 5.56. The zero-order chi connectivity index (χ0) is 29.7. The number of aryl methyl sites for hydroxylation is 1. The number of hydrogen-bond acceptors (Lipinski definition) is 7. The highest BCUT2D eigenvalue weighted by atomic mass is 35.5. The van der Waals surface area contributed by atoms with E-state index in [0.29, 0.717) is 16.8 Å². The van der Waals surface area contributed by atoms with Gasteiger partial charge in [-0.2, -0.15) is 0 Å². The summed E-state index contributed by atoms with van der Waals surface area (Å²) < 4.78 is 25.5. The van der Waals surface area contributed by atoms with E-state index in [4.69, 9.17) is 0 Å². The minimum absolute atomic E-state index is 0. The molecule has 0 saturated carbocycles. The maximum absolute atomic E-state index is 13.3. The molecule has 2 fully saturated rings. The Morgan fingerprint density at radius 2 is 1.44 bits per heavy atom. The van der Waals surface area contributed by atoms with Crippen LogP contribution in [0.1, 0.15) is 63.9 Å². The SMILES string of the molecule is CC(C(=O)O)N(NS(=O)(=O)CCc1ccccc1)C(=O)CNC(=O)C(CCC1CCNCC1)CCC1CCNCC1.Cl.Cl. The zero-order valence-corrected chi connectivity index (χ0v) is 27.4. The number of nitrogens with zero attached hydrogens (tertiary/aromatic N) is 1. The predicted molar refractivity (Wildman–Crippen MR) is 172 cm³/mol. The van der Waals surface area contributed by atoms with Crippen molar-refractivity contribution in [3.63, 3.8) is 0 Å². The van der Waals surface area contributed by atoms with Crippen molar-refractivity contribution >= 4 is 52.6 Å². The molecule has 0 spiro atoms. The first kappa shape index (κ1) is 39.1. The normalized spacial score (nSPS) is 16.9. The van der Waals surface area contributed by atoms with Crippen molar-refractivity contribution in [1.82, 2.24) is 25.8 Å². The molecular formula is C29H49Cl2N5O6S. The molecule has 0 aromatic heterocycles. The van der Waals surface area contributed by atoms with Gasteiger partial charge in [-0.15, -0.1) is 29.6 Å². The molecule has 3 rings (SSSR count). The van der Waals surface area contributed by atoms with Gasteiger partial charge in [0.2, 0.25) is 15.9 Å². The first-order valence-corrected chi connectivity index (χ1v) is 16.6. The lowest BCUT2D eigenvalue weighted by Gasteiger charge is -2.28. The number of rotatable bonds is 16. The van der Waals surface area contributed by atoms with Crippen LogP contribution in [-0.4, -0.2) is 80.8 Å². The number of hydrazine groups is 1. The third kappa shape index (κ3) is 14.1. The summed E-state index contributed by atoms with van der Waals surface area (Å²) in [6.45, 7) is 4.69. The molecule has 0 bridgehead atoms. The molecule has 2 aliphatic rings. The van der Waals surface area contributed by atoms with Crippen molar-refractivity contribution in [3.8, 4) is 0 Å². The molecule has 2 heterocycles. The number of piperidine rings is 2. The fraction of sp³-hybridized carbons (Fsp3) is 0.690. The van der Waals surface area contributed by atoms with Crippen molar-refractivity contribution in [1.29, 1.82) is 0 Å². The van der Waals surface area contributed by atoms with Crippen molar-refractivity contribution < 1.29 is 27.9 Å². The third-order valence-corrected chi connectivity index (χ3v) is 9.52. The Kier molecular flexibility index (Phi) is 18.3. The highest BCUT2D eigenvalue weighted by Crippen LogP contribution is 2.27. The van der Waals surface area contributed by atoms with Crippen LogP contribution in [0.15, 0.2) is 30.3 Å². The molecule has 43 heavy (non-hydrogen) atoms. The van der Waals surface area contributed by atoms with Gasteiger partial charge in [0, 0.05) is 5.92 Å². The van der Waals surface area contributed by atoms with Gasteiger partial charge in [0.05, 0.1) is 12.3 Å². The van der Waals surface area contributed by atoms with Crippen LogP contribution in [0.3, 0.4) is 0 Å². The van der Waals surface area contributed by atoms with E-state index < -0.39 is 34.5 Å². The molecule has 2 aliphatic heterocycles. The molecule has 2 saturated heterocycles. The second-order valence-corrected chi connectivity index (χ2v) is 13.2. The van der Waals surface area contributed by atoms with E-state index in [0.717, 1.165) is 83.1 Å². The molecule has 5 N–H and O–H groups in total. The van der Waals surface area contributed by atoms with Gasteiger partial charge in [0.15, 0.2) is 0 Å². The van der Waals surface area contributed by atoms with Gasteiger partial charge >= 0.3 is 5.97 Å². The van der Waals surface area contributed by atoms with Crippen LogP contribution >= 0.6 is 24.8 Å². The summed E-state index contributed by atoms with van der Waals surface area (Å²) in [6, 6.07) is 7.55. The number of carboxylic acid groups (broad SMARTS) is 1. The van der Waals surface area contributed by atoms with Crippen molar-refractivity contribution in [2.45, 2.75) is 70.8 Å². The quantitative estimate of drug-likeness (QED) is 0.169. The number of carboxylic acids is 1. The molecule has 1 unspecified atom stereocenters. The maximum Gasteiger partial charge on any atom is 0.327 e. The molecule has 1 atom stereocenters. The van der Waals surface area contributed by atoms with Gasteiger partial charge < -0.3 is 21.1 Å². The van der Waals surface area contributed by atoms with Gasteiger partial charge in [-0.1, -0.05) is 30.3 Å². The summed E-state index contributed by atoms with van der Waals surface area (Å²) in [5.74, 6) is -1.86. The number of benzene rings is 1. The molecule has 14 heteroatoms. The van der Waals surface area contributed by atoms with Crippen LogP contribution < -0.4 is 20.8 Å². The first-order valence-electron chi connectivity index (χ1n) is 14.9. The Bertz CT molecular complexity index is 1060. The second-order valence-electron chi connectivity index (χ2n) is 11.4. The van der Waals surface area contributed by atoms with E-state index in [-0.39, 0.29) is 48.8 Å². The number of aliphatic carboxylic acids is 1. The van der Waals surface area contributed by atoms with Gasteiger partial charge in [-0.05, 0) is 108 Å². The summed E-state index contributed by atoms with van der Waals surface area (Å²) in [5.41, 5.74) is 0.800. The molecule has 11 nitrogen and oxygen atoms in total. The van der Waals surface area contributed by atoms with Crippen LogP contribution in [0.25, 0.3) is 0 Å². The first-order chi connectivity index (χ1) is 19.6. The van der Waals surface area contributed by atoms with E-state index in [1.165, 1.54) is 6.92 Å². The molecule has 1 aromatic carbocycles. The molecule has 0 radical (unpaired) electrons. The average Bonchev–Trinajstić information content (AvgIpc) is 2.98. The minimum Gasteiger partial charge on any atom is -0.480 e. The van der Waals surface area contributed by atoms with Crippen LogP contribution in [0.5, 0.6) is 0 Å². The summed E-state index contributed by atoms with van der Waals surface area (Å²) in [6.07, 6.45) is 7.93. The minimum atomic E-state index is -4.03. The average molecular weight is 667 g/mol. The van der Waals surface area contributed by atoms with Crippen molar-refractivity contribution in [3.05, 3.63) is 35.9 Å². The van der Waals surface area contributed by atoms with Crippen LogP contribution in [0.4, 0.5) is 0 Å². The Hall–Kier alpha value is -1.96. The number of carbonyl (C=O) groups is 3. The van der Waals surface area contributed by atoms with Crippen LogP contribution in [0.2, 0.25) is 0 Å². The number of hydrogen-bond donors (Lipinski definition) is 5. The molecule has 0 aliphatic carbocycles. The fourth-order valence-corrected chi connectivity index (χ4v) is 6.72. The van der Waals surface area contributed by atoms with E-state index >= 15 is 0 Å². The zero-order valence-electron chi connectivity index (χ0n) is 25.0. The standard InChI is InChI=1S/C29H47N5O6S.2ClH/c1-22(29(37)38)34(33-41(39,40)20-15-23-5-3-2-4-6-23)27(35)21-32-28(36)26(9-7-24-11-16-30-17-12-24)10-8-25-13-18-31-19-14-25;;/h2-6,22,24-26,30-31,33H,7-21H2,1H3,(H,32,36)(H,37,38);2*1H. The number of carbonyl (C=O) groups excluding carboxylic acids is 2. The molecule has 2 amide bonds. The van der Waals surface area contributed by atoms with Gasteiger partial charge in [-0.25, -0.2) is 18.2 Å². The number of nitrogens with one attached hydrogen (secondary N) is 4. The summed E-state index contributed by atoms with van der Waals surface area (Å²) >= 11 is 0. The number of halogens is 2.